The molecule has 2 aromatic rings. The fourth-order valence-corrected chi connectivity index (χ4v) is 5.05. The maximum absolute atomic E-state index is 13.1. The van der Waals surface area contributed by atoms with Crippen molar-refractivity contribution >= 4 is 20.9 Å². The van der Waals surface area contributed by atoms with Crippen molar-refractivity contribution in [3.8, 4) is 0 Å². The van der Waals surface area contributed by atoms with Gasteiger partial charge in [0.2, 0.25) is 10.0 Å². The molecule has 3 rings (SSSR count). The second-order valence-electron chi connectivity index (χ2n) is 5.75. The lowest BCUT2D eigenvalue weighted by atomic mass is 10.0. The van der Waals surface area contributed by atoms with E-state index in [0.717, 1.165) is 18.2 Å². The molecule has 0 unspecified atom stereocenters. The first-order chi connectivity index (χ1) is 10.5. The van der Waals surface area contributed by atoms with Gasteiger partial charge in [-0.15, -0.1) is 0 Å². The molecule has 22 heavy (non-hydrogen) atoms. The summed E-state index contributed by atoms with van der Waals surface area (Å²) in [5.41, 5.74) is 0.486. The highest BCUT2D eigenvalue weighted by molar-refractivity contribution is 7.89. The number of benzene rings is 1. The Morgan fingerprint density at radius 1 is 1.27 bits per heavy atom. The Morgan fingerprint density at radius 2 is 2.05 bits per heavy atom. The Morgan fingerprint density at radius 3 is 2.82 bits per heavy atom. The third kappa shape index (κ3) is 2.62. The van der Waals surface area contributed by atoms with Gasteiger partial charge in [-0.25, -0.2) is 8.42 Å². The summed E-state index contributed by atoms with van der Waals surface area (Å²) in [7, 11) is -3.67. The molecule has 1 aliphatic rings. The van der Waals surface area contributed by atoms with E-state index in [-0.39, 0.29) is 10.9 Å². The van der Waals surface area contributed by atoms with Crippen LogP contribution in [0.5, 0.6) is 0 Å². The van der Waals surface area contributed by atoms with Crippen molar-refractivity contribution in [1.29, 1.82) is 0 Å². The number of piperidine rings is 1. The lowest BCUT2D eigenvalue weighted by molar-refractivity contribution is 0.0831. The van der Waals surface area contributed by atoms with Crippen molar-refractivity contribution in [2.24, 2.45) is 0 Å². The number of aliphatic hydroxyl groups is 1. The van der Waals surface area contributed by atoms with E-state index in [1.807, 2.05) is 12.1 Å². The highest BCUT2D eigenvalue weighted by Crippen LogP contribution is 2.30. The fourth-order valence-electron chi connectivity index (χ4n) is 3.12. The van der Waals surface area contributed by atoms with Gasteiger partial charge in [0.05, 0.1) is 17.7 Å². The number of aromatic nitrogens is 1. The molecule has 1 fully saturated rings. The minimum absolute atomic E-state index is 0.221. The first-order valence-corrected chi connectivity index (χ1v) is 8.99. The predicted octanol–water partition coefficient (Wildman–Crippen LogP) is 2.16. The van der Waals surface area contributed by atoms with Gasteiger partial charge in [-0.1, -0.05) is 24.6 Å². The zero-order valence-electron chi connectivity index (χ0n) is 12.5. The third-order valence-electron chi connectivity index (χ3n) is 4.24. The topological polar surface area (TPSA) is 70.5 Å². The highest BCUT2D eigenvalue weighted by Gasteiger charge is 2.36. The van der Waals surface area contributed by atoms with Gasteiger partial charge in [0.15, 0.2) is 0 Å². The summed E-state index contributed by atoms with van der Waals surface area (Å²) in [6, 6.07) is 8.46. The second kappa shape index (κ2) is 5.95. The number of hydrogen-bond acceptors (Lipinski definition) is 4. The fraction of sp³-hybridized carbons (Fsp3) is 0.438. The van der Waals surface area contributed by atoms with Crippen LogP contribution in [-0.2, 0) is 10.0 Å². The highest BCUT2D eigenvalue weighted by atomic mass is 32.2. The van der Waals surface area contributed by atoms with Crippen molar-refractivity contribution in [2.45, 2.75) is 43.2 Å². The molecule has 0 radical (unpaired) electrons. The summed E-state index contributed by atoms with van der Waals surface area (Å²) in [6.45, 7) is 2.10. The Labute approximate surface area is 130 Å². The lowest BCUT2D eigenvalue weighted by Gasteiger charge is -2.36. The molecule has 0 aliphatic carbocycles. The first kappa shape index (κ1) is 15.4. The summed E-state index contributed by atoms with van der Waals surface area (Å²) in [5, 5.41) is 10.7. The Balaban J connectivity index is 2.11. The molecule has 2 heterocycles. The summed E-state index contributed by atoms with van der Waals surface area (Å²) in [6.07, 6.45) is 3.37. The van der Waals surface area contributed by atoms with Crippen LogP contribution in [0.4, 0.5) is 0 Å². The number of aliphatic hydroxyl groups excluding tert-OH is 1. The molecule has 0 saturated carbocycles. The van der Waals surface area contributed by atoms with Crippen molar-refractivity contribution < 1.29 is 13.5 Å². The van der Waals surface area contributed by atoms with Gasteiger partial charge < -0.3 is 5.11 Å². The van der Waals surface area contributed by atoms with Crippen LogP contribution < -0.4 is 0 Å². The van der Waals surface area contributed by atoms with E-state index in [0.29, 0.717) is 18.5 Å². The van der Waals surface area contributed by atoms with Crippen LogP contribution >= 0.6 is 0 Å². The van der Waals surface area contributed by atoms with Gasteiger partial charge in [-0.3, -0.25) is 4.98 Å². The molecule has 118 valence electrons. The normalized spacial score (nSPS) is 21.8. The molecule has 6 heteroatoms. The van der Waals surface area contributed by atoms with Crippen LogP contribution in [0.25, 0.3) is 10.9 Å². The van der Waals surface area contributed by atoms with Crippen molar-refractivity contribution in [2.75, 3.05) is 6.54 Å². The molecule has 1 aromatic heterocycles. The van der Waals surface area contributed by atoms with Crippen molar-refractivity contribution in [3.63, 3.8) is 0 Å². The largest absolute Gasteiger partial charge is 0.392 e. The number of pyridine rings is 1. The molecule has 0 spiro atoms. The predicted molar refractivity (Wildman–Crippen MR) is 85.0 cm³/mol. The van der Waals surface area contributed by atoms with E-state index in [4.69, 9.17) is 0 Å². The zero-order valence-corrected chi connectivity index (χ0v) is 13.3. The van der Waals surface area contributed by atoms with Crippen molar-refractivity contribution in [1.82, 2.24) is 9.29 Å². The minimum Gasteiger partial charge on any atom is -0.392 e. The van der Waals surface area contributed by atoms with E-state index in [2.05, 4.69) is 4.98 Å². The van der Waals surface area contributed by atoms with Crippen LogP contribution in [0.3, 0.4) is 0 Å². The minimum atomic E-state index is -3.67. The average molecular weight is 320 g/mol. The van der Waals surface area contributed by atoms with Crippen LogP contribution in [0.2, 0.25) is 0 Å². The number of rotatable bonds is 3. The Bertz CT molecular complexity index is 769. The quantitative estimate of drug-likeness (QED) is 0.941. The van der Waals surface area contributed by atoms with E-state index in [1.54, 1.807) is 31.3 Å². The number of nitrogens with zero attached hydrogens (tertiary/aromatic N) is 2. The van der Waals surface area contributed by atoms with Crippen LogP contribution in [0.1, 0.15) is 26.2 Å². The summed E-state index contributed by atoms with van der Waals surface area (Å²) >= 11 is 0. The van der Waals surface area contributed by atoms with Crippen LogP contribution in [-0.4, -0.2) is 41.5 Å². The third-order valence-corrected chi connectivity index (χ3v) is 6.19. The number of para-hydroxylation sites is 1. The van der Waals surface area contributed by atoms with Gasteiger partial charge in [0, 0.05) is 18.1 Å². The lowest BCUT2D eigenvalue weighted by Crippen LogP contribution is -2.48. The summed E-state index contributed by atoms with van der Waals surface area (Å²) in [4.78, 5) is 4.46. The standard InChI is InChI=1S/C16H20N2O3S/c1-12(19)14-8-2-3-11-18(14)22(20,21)15-9-4-6-13-7-5-10-17-16(13)15/h4-7,9-10,12,14,19H,2-3,8,11H2,1H3/t12-,14+/m0/s1. The number of hydrogen-bond donors (Lipinski definition) is 1. The molecular weight excluding hydrogens is 300 g/mol. The van der Waals surface area contributed by atoms with Gasteiger partial charge in [-0.05, 0) is 31.9 Å². The van der Waals surface area contributed by atoms with E-state index in [1.165, 1.54) is 4.31 Å². The van der Waals surface area contributed by atoms with Gasteiger partial charge in [0.1, 0.15) is 4.90 Å². The molecule has 0 bridgehead atoms. The molecule has 1 saturated heterocycles. The van der Waals surface area contributed by atoms with Gasteiger partial charge >= 0.3 is 0 Å². The van der Waals surface area contributed by atoms with E-state index >= 15 is 0 Å². The van der Waals surface area contributed by atoms with E-state index in [9.17, 15) is 13.5 Å². The molecular formula is C16H20N2O3S. The number of fused-ring (bicyclic) bond motifs is 1. The Hall–Kier alpha value is -1.50. The van der Waals surface area contributed by atoms with Crippen LogP contribution in [0, 0.1) is 0 Å². The zero-order chi connectivity index (χ0) is 15.7. The van der Waals surface area contributed by atoms with Crippen molar-refractivity contribution in [3.05, 3.63) is 36.5 Å². The van der Waals surface area contributed by atoms with Crippen LogP contribution in [0.15, 0.2) is 41.4 Å². The van der Waals surface area contributed by atoms with Gasteiger partial charge in [-0.2, -0.15) is 4.31 Å². The Kier molecular flexibility index (Phi) is 4.16. The summed E-state index contributed by atoms with van der Waals surface area (Å²) < 4.78 is 27.6. The molecule has 5 nitrogen and oxygen atoms in total. The molecule has 0 amide bonds. The molecule has 2 atom stereocenters. The maximum atomic E-state index is 13.1. The summed E-state index contributed by atoms with van der Waals surface area (Å²) in [5.74, 6) is 0. The van der Waals surface area contributed by atoms with Gasteiger partial charge in [0.25, 0.3) is 0 Å². The van der Waals surface area contributed by atoms with E-state index < -0.39 is 16.1 Å². The SMILES string of the molecule is C[C@H](O)[C@H]1CCCCN1S(=O)(=O)c1cccc2cccnc12. The number of sulfonamides is 1. The molecule has 1 aliphatic heterocycles. The monoisotopic (exact) mass is 320 g/mol. The average Bonchev–Trinajstić information content (AvgIpc) is 2.54. The maximum Gasteiger partial charge on any atom is 0.245 e. The first-order valence-electron chi connectivity index (χ1n) is 7.55. The molecule has 1 aromatic carbocycles. The molecule has 1 N–H and O–H groups in total. The second-order valence-corrected chi connectivity index (χ2v) is 7.61. The smallest absolute Gasteiger partial charge is 0.245 e.